The van der Waals surface area contributed by atoms with E-state index in [-0.39, 0.29) is 11.3 Å². The van der Waals surface area contributed by atoms with Crippen molar-refractivity contribution in [3.05, 3.63) is 35.9 Å². The summed E-state index contributed by atoms with van der Waals surface area (Å²) >= 11 is 0. The topological polar surface area (TPSA) is 66.4 Å². The van der Waals surface area contributed by atoms with Crippen molar-refractivity contribution in [1.29, 1.82) is 0 Å². The summed E-state index contributed by atoms with van der Waals surface area (Å²) in [5.74, 6) is -0.901. The first kappa shape index (κ1) is 15.3. The minimum absolute atomic E-state index is 0.0851. The summed E-state index contributed by atoms with van der Waals surface area (Å²) in [6.45, 7) is 2.07. The van der Waals surface area contributed by atoms with Crippen molar-refractivity contribution in [2.75, 3.05) is 5.32 Å². The minimum atomic E-state index is -0.986. The summed E-state index contributed by atoms with van der Waals surface area (Å²) in [7, 11) is 0. The molecule has 0 aromatic heterocycles. The molecule has 0 aliphatic heterocycles. The molecule has 4 nitrogen and oxygen atoms in total. The molecule has 1 aliphatic carbocycles. The number of carboxylic acids is 1. The lowest BCUT2D eigenvalue weighted by molar-refractivity contribution is -0.131. The van der Waals surface area contributed by atoms with Gasteiger partial charge in [-0.2, -0.15) is 0 Å². The fraction of sp³-hybridized carbons (Fsp3) is 0.412. The summed E-state index contributed by atoms with van der Waals surface area (Å²) < 4.78 is 0. The first-order valence-electron chi connectivity index (χ1n) is 7.38. The maximum atomic E-state index is 12.5. The van der Waals surface area contributed by atoms with E-state index in [1.807, 2.05) is 12.1 Å². The van der Waals surface area contributed by atoms with E-state index in [0.29, 0.717) is 5.69 Å². The zero-order valence-electron chi connectivity index (χ0n) is 12.3. The van der Waals surface area contributed by atoms with Crippen LogP contribution in [-0.2, 0) is 9.59 Å². The molecule has 4 heteroatoms. The molecule has 0 radical (unpaired) electrons. The Labute approximate surface area is 124 Å². The number of nitrogens with one attached hydrogen (secondary N) is 1. The zero-order valence-corrected chi connectivity index (χ0v) is 12.3. The molecule has 1 fully saturated rings. The molecular weight excluding hydrogens is 266 g/mol. The number of amides is 1. The summed E-state index contributed by atoms with van der Waals surface area (Å²) in [5.41, 5.74) is 1.24. The number of hydrogen-bond donors (Lipinski definition) is 2. The van der Waals surface area contributed by atoms with Crippen LogP contribution in [0.25, 0.3) is 6.08 Å². The van der Waals surface area contributed by atoms with Gasteiger partial charge in [-0.15, -0.1) is 0 Å². The highest BCUT2D eigenvalue weighted by Crippen LogP contribution is 2.41. The molecule has 1 aromatic rings. The molecule has 1 aromatic carbocycles. The molecule has 1 saturated carbocycles. The summed E-state index contributed by atoms with van der Waals surface area (Å²) in [5, 5.41) is 11.6. The molecule has 0 spiro atoms. The molecule has 2 N–H and O–H groups in total. The van der Waals surface area contributed by atoms with E-state index in [9.17, 15) is 9.59 Å². The second kappa shape index (κ2) is 6.57. The Morgan fingerprint density at radius 1 is 1.33 bits per heavy atom. The van der Waals surface area contributed by atoms with Crippen LogP contribution in [0.15, 0.2) is 30.3 Å². The molecular formula is C17H21NO3. The monoisotopic (exact) mass is 287 g/mol. The van der Waals surface area contributed by atoms with Crippen molar-refractivity contribution < 1.29 is 14.7 Å². The molecule has 1 amide bonds. The first-order valence-corrected chi connectivity index (χ1v) is 7.38. The van der Waals surface area contributed by atoms with Crippen LogP contribution in [0.3, 0.4) is 0 Å². The largest absolute Gasteiger partial charge is 0.478 e. The van der Waals surface area contributed by atoms with Gasteiger partial charge in [-0.3, -0.25) is 4.79 Å². The Bertz CT molecular complexity index is 557. The predicted molar refractivity (Wildman–Crippen MR) is 82.9 cm³/mol. The van der Waals surface area contributed by atoms with Gasteiger partial charge in [-0.1, -0.05) is 31.9 Å². The Morgan fingerprint density at radius 3 is 2.67 bits per heavy atom. The van der Waals surface area contributed by atoms with Gasteiger partial charge in [0.05, 0.1) is 0 Å². The fourth-order valence-electron chi connectivity index (χ4n) is 2.94. The summed E-state index contributed by atoms with van der Waals surface area (Å²) in [6.07, 6.45) is 7.60. The highest BCUT2D eigenvalue weighted by Gasteiger charge is 2.39. The van der Waals surface area contributed by atoms with E-state index >= 15 is 0 Å². The Hall–Kier alpha value is -2.10. The van der Waals surface area contributed by atoms with Crippen molar-refractivity contribution in [3.63, 3.8) is 0 Å². The van der Waals surface area contributed by atoms with Gasteiger partial charge in [0.1, 0.15) is 0 Å². The van der Waals surface area contributed by atoms with E-state index in [1.165, 1.54) is 6.08 Å². The molecule has 0 heterocycles. The van der Waals surface area contributed by atoms with E-state index in [2.05, 4.69) is 12.2 Å². The van der Waals surface area contributed by atoms with Gasteiger partial charge < -0.3 is 10.4 Å². The first-order chi connectivity index (χ1) is 10.1. The number of rotatable bonds is 5. The highest BCUT2D eigenvalue weighted by molar-refractivity contribution is 5.95. The van der Waals surface area contributed by atoms with Gasteiger partial charge in [0.25, 0.3) is 0 Å². The van der Waals surface area contributed by atoms with Crippen molar-refractivity contribution in [2.24, 2.45) is 5.41 Å². The predicted octanol–water partition coefficient (Wildman–Crippen LogP) is 3.69. The van der Waals surface area contributed by atoms with Crippen LogP contribution >= 0.6 is 0 Å². The lowest BCUT2D eigenvalue weighted by atomic mass is 9.82. The second-order valence-corrected chi connectivity index (χ2v) is 5.59. The SMILES string of the molecule is CCC1(C(=O)Nc2cccc(/C=C/C(=O)O)c2)CCCC1. The third kappa shape index (κ3) is 3.72. The van der Waals surface area contributed by atoms with Gasteiger partial charge >= 0.3 is 5.97 Å². The number of carbonyl (C=O) groups is 2. The van der Waals surface area contributed by atoms with E-state index in [0.717, 1.165) is 43.7 Å². The van der Waals surface area contributed by atoms with Crippen molar-refractivity contribution in [3.8, 4) is 0 Å². The number of hydrogen-bond acceptors (Lipinski definition) is 2. The highest BCUT2D eigenvalue weighted by atomic mass is 16.4. The van der Waals surface area contributed by atoms with Crippen LogP contribution in [0.5, 0.6) is 0 Å². The lowest BCUT2D eigenvalue weighted by Gasteiger charge is -2.26. The number of carboxylic acid groups (broad SMARTS) is 1. The van der Waals surface area contributed by atoms with E-state index < -0.39 is 5.97 Å². The molecule has 0 unspecified atom stereocenters. The average Bonchev–Trinajstić information content (AvgIpc) is 2.96. The van der Waals surface area contributed by atoms with Crippen LogP contribution < -0.4 is 5.32 Å². The van der Waals surface area contributed by atoms with E-state index in [4.69, 9.17) is 5.11 Å². The van der Waals surface area contributed by atoms with Crippen molar-refractivity contribution in [2.45, 2.75) is 39.0 Å². The molecule has 21 heavy (non-hydrogen) atoms. The molecule has 2 rings (SSSR count). The number of aliphatic carboxylic acids is 1. The maximum Gasteiger partial charge on any atom is 0.328 e. The molecule has 112 valence electrons. The average molecular weight is 287 g/mol. The van der Waals surface area contributed by atoms with Crippen molar-refractivity contribution >= 4 is 23.6 Å². The van der Waals surface area contributed by atoms with Crippen LogP contribution in [0.2, 0.25) is 0 Å². The number of anilines is 1. The Kier molecular flexibility index (Phi) is 4.78. The third-order valence-electron chi connectivity index (χ3n) is 4.28. The Morgan fingerprint density at radius 2 is 2.05 bits per heavy atom. The summed E-state index contributed by atoms with van der Waals surface area (Å²) in [4.78, 5) is 23.1. The zero-order chi connectivity index (χ0) is 15.3. The smallest absolute Gasteiger partial charge is 0.328 e. The molecule has 0 bridgehead atoms. The molecule has 0 atom stereocenters. The van der Waals surface area contributed by atoms with Crippen molar-refractivity contribution in [1.82, 2.24) is 0 Å². The minimum Gasteiger partial charge on any atom is -0.478 e. The lowest BCUT2D eigenvalue weighted by Crippen LogP contribution is -2.33. The van der Waals surface area contributed by atoms with Gasteiger partial charge in [0, 0.05) is 17.2 Å². The van der Waals surface area contributed by atoms with Gasteiger partial charge in [0.2, 0.25) is 5.91 Å². The van der Waals surface area contributed by atoms with Crippen LogP contribution in [0.1, 0.15) is 44.6 Å². The standard InChI is InChI=1S/C17H21NO3/c1-2-17(10-3-4-11-17)16(21)18-14-7-5-6-13(12-14)8-9-15(19)20/h5-9,12H,2-4,10-11H2,1H3,(H,18,21)(H,19,20)/b9-8+. The normalized spacial score (nSPS) is 17.0. The number of carbonyl (C=O) groups excluding carboxylic acids is 1. The summed E-state index contributed by atoms with van der Waals surface area (Å²) in [6, 6.07) is 7.23. The van der Waals surface area contributed by atoms with Gasteiger partial charge in [-0.25, -0.2) is 4.79 Å². The van der Waals surface area contributed by atoms with Crippen LogP contribution in [0.4, 0.5) is 5.69 Å². The Balaban J connectivity index is 2.10. The van der Waals surface area contributed by atoms with Crippen LogP contribution in [0, 0.1) is 5.41 Å². The quantitative estimate of drug-likeness (QED) is 0.812. The van der Waals surface area contributed by atoms with Crippen LogP contribution in [-0.4, -0.2) is 17.0 Å². The third-order valence-corrected chi connectivity index (χ3v) is 4.28. The molecule has 1 aliphatic rings. The fourth-order valence-corrected chi connectivity index (χ4v) is 2.94. The van der Waals surface area contributed by atoms with Gasteiger partial charge in [-0.05, 0) is 43.0 Å². The van der Waals surface area contributed by atoms with E-state index in [1.54, 1.807) is 12.1 Å². The van der Waals surface area contributed by atoms with Gasteiger partial charge in [0.15, 0.2) is 0 Å². The number of benzene rings is 1. The molecule has 0 saturated heterocycles. The maximum absolute atomic E-state index is 12.5. The second-order valence-electron chi connectivity index (χ2n) is 5.59.